The van der Waals surface area contributed by atoms with Gasteiger partial charge in [-0.15, -0.1) is 0 Å². The highest BCUT2D eigenvalue weighted by molar-refractivity contribution is 6.31. The number of rotatable bonds is 6. The summed E-state index contributed by atoms with van der Waals surface area (Å²) < 4.78 is 0. The number of amides is 2. The van der Waals surface area contributed by atoms with Crippen LogP contribution in [0.25, 0.3) is 10.8 Å². The Labute approximate surface area is 161 Å². The summed E-state index contributed by atoms with van der Waals surface area (Å²) in [5.74, 6) is 0.615. The van der Waals surface area contributed by atoms with E-state index in [1.165, 1.54) is 0 Å². The van der Waals surface area contributed by atoms with E-state index in [1.54, 1.807) is 18.2 Å². The number of carbonyl (C=O) groups is 1. The Morgan fingerprint density at radius 2 is 1.93 bits per heavy atom. The SMILES string of the molecule is Cc1ccc(NC(=O)NCCCNc2n[nH]c(=O)c3ccccc23)cc1Cl. The van der Waals surface area contributed by atoms with E-state index in [9.17, 15) is 9.59 Å². The summed E-state index contributed by atoms with van der Waals surface area (Å²) in [6, 6.07) is 12.3. The Bertz CT molecular complexity index is 1020. The summed E-state index contributed by atoms with van der Waals surface area (Å²) >= 11 is 6.04. The molecule has 0 aliphatic carbocycles. The monoisotopic (exact) mass is 385 g/mol. The molecule has 0 bridgehead atoms. The lowest BCUT2D eigenvalue weighted by molar-refractivity contribution is 0.252. The number of urea groups is 1. The molecule has 0 saturated heterocycles. The van der Waals surface area contributed by atoms with Crippen molar-refractivity contribution >= 4 is 39.9 Å². The summed E-state index contributed by atoms with van der Waals surface area (Å²) in [6.45, 7) is 2.99. The van der Waals surface area contributed by atoms with Gasteiger partial charge in [0.2, 0.25) is 0 Å². The highest BCUT2D eigenvalue weighted by Crippen LogP contribution is 2.20. The minimum absolute atomic E-state index is 0.217. The molecule has 0 spiro atoms. The van der Waals surface area contributed by atoms with Gasteiger partial charge in [0.15, 0.2) is 5.82 Å². The zero-order chi connectivity index (χ0) is 19.2. The average Bonchev–Trinajstić information content (AvgIpc) is 2.66. The molecular weight excluding hydrogens is 366 g/mol. The molecule has 0 saturated carbocycles. The molecule has 3 rings (SSSR count). The summed E-state index contributed by atoms with van der Waals surface area (Å²) in [6.07, 6.45) is 0.692. The smallest absolute Gasteiger partial charge is 0.319 e. The van der Waals surface area contributed by atoms with Crippen LogP contribution in [0.4, 0.5) is 16.3 Å². The van der Waals surface area contributed by atoms with Gasteiger partial charge in [-0.25, -0.2) is 9.89 Å². The number of nitrogens with one attached hydrogen (secondary N) is 4. The fourth-order valence-electron chi connectivity index (χ4n) is 2.59. The second-order valence-electron chi connectivity index (χ2n) is 6.07. The van der Waals surface area contributed by atoms with Gasteiger partial charge in [-0.05, 0) is 37.1 Å². The van der Waals surface area contributed by atoms with E-state index in [-0.39, 0.29) is 11.6 Å². The number of fused-ring (bicyclic) bond motifs is 1. The molecule has 0 atom stereocenters. The topological polar surface area (TPSA) is 98.9 Å². The summed E-state index contributed by atoms with van der Waals surface area (Å²) in [5, 5.41) is 17.2. The molecular formula is C19H20ClN5O2. The minimum Gasteiger partial charge on any atom is -0.368 e. The minimum atomic E-state index is -0.289. The maximum Gasteiger partial charge on any atom is 0.319 e. The second-order valence-corrected chi connectivity index (χ2v) is 6.48. The van der Waals surface area contributed by atoms with E-state index in [0.717, 1.165) is 10.9 Å². The van der Waals surface area contributed by atoms with Crippen molar-refractivity contribution < 1.29 is 4.79 Å². The molecule has 3 aromatic rings. The van der Waals surface area contributed by atoms with E-state index in [0.29, 0.717) is 41.4 Å². The number of halogens is 1. The zero-order valence-corrected chi connectivity index (χ0v) is 15.6. The first-order chi connectivity index (χ1) is 13.0. The van der Waals surface area contributed by atoms with Gasteiger partial charge in [-0.1, -0.05) is 35.9 Å². The van der Waals surface area contributed by atoms with Crippen LogP contribution in [0.3, 0.4) is 0 Å². The molecule has 2 amide bonds. The summed E-state index contributed by atoms with van der Waals surface area (Å²) in [4.78, 5) is 23.7. The molecule has 4 N–H and O–H groups in total. The number of anilines is 2. The molecule has 0 radical (unpaired) electrons. The number of benzene rings is 2. The van der Waals surface area contributed by atoms with Crippen LogP contribution in [-0.2, 0) is 0 Å². The maximum atomic E-state index is 11.9. The van der Waals surface area contributed by atoms with Crippen molar-refractivity contribution in [1.82, 2.24) is 15.5 Å². The number of aromatic amines is 1. The van der Waals surface area contributed by atoms with E-state index in [1.807, 2.05) is 31.2 Å². The van der Waals surface area contributed by atoms with Gasteiger partial charge in [0.05, 0.1) is 5.39 Å². The molecule has 1 heterocycles. The fraction of sp³-hybridized carbons (Fsp3) is 0.211. The van der Waals surface area contributed by atoms with Crippen molar-refractivity contribution in [3.8, 4) is 0 Å². The van der Waals surface area contributed by atoms with E-state index in [2.05, 4.69) is 26.1 Å². The van der Waals surface area contributed by atoms with Gasteiger partial charge in [0.25, 0.3) is 5.56 Å². The Hall–Kier alpha value is -3.06. The molecule has 8 heteroatoms. The Morgan fingerprint density at radius 3 is 2.70 bits per heavy atom. The third-order valence-corrected chi connectivity index (χ3v) is 4.46. The third kappa shape index (κ3) is 4.77. The van der Waals surface area contributed by atoms with Crippen molar-refractivity contribution in [1.29, 1.82) is 0 Å². The van der Waals surface area contributed by atoms with Crippen LogP contribution in [0.1, 0.15) is 12.0 Å². The quantitative estimate of drug-likeness (QED) is 0.488. The third-order valence-electron chi connectivity index (χ3n) is 4.06. The highest BCUT2D eigenvalue weighted by atomic mass is 35.5. The van der Waals surface area contributed by atoms with Crippen LogP contribution in [0.5, 0.6) is 0 Å². The largest absolute Gasteiger partial charge is 0.368 e. The van der Waals surface area contributed by atoms with E-state index >= 15 is 0 Å². The van der Waals surface area contributed by atoms with Gasteiger partial charge < -0.3 is 16.0 Å². The van der Waals surface area contributed by atoms with Crippen molar-refractivity contribution in [2.45, 2.75) is 13.3 Å². The van der Waals surface area contributed by atoms with Crippen LogP contribution in [0.2, 0.25) is 5.02 Å². The fourth-order valence-corrected chi connectivity index (χ4v) is 2.77. The van der Waals surface area contributed by atoms with E-state index < -0.39 is 0 Å². The molecule has 7 nitrogen and oxygen atoms in total. The van der Waals surface area contributed by atoms with Gasteiger partial charge in [-0.2, -0.15) is 5.10 Å². The maximum absolute atomic E-state index is 11.9. The molecule has 0 aliphatic heterocycles. The highest BCUT2D eigenvalue weighted by Gasteiger charge is 2.06. The summed E-state index contributed by atoms with van der Waals surface area (Å²) in [7, 11) is 0. The first kappa shape index (κ1) is 18.7. The molecule has 27 heavy (non-hydrogen) atoms. The number of aromatic nitrogens is 2. The van der Waals surface area contributed by atoms with Gasteiger partial charge in [0.1, 0.15) is 0 Å². The molecule has 0 aliphatic rings. The molecule has 140 valence electrons. The predicted molar refractivity (Wildman–Crippen MR) is 109 cm³/mol. The van der Waals surface area contributed by atoms with E-state index in [4.69, 9.17) is 11.6 Å². The van der Waals surface area contributed by atoms with Gasteiger partial charge in [-0.3, -0.25) is 4.79 Å². The van der Waals surface area contributed by atoms with Crippen LogP contribution >= 0.6 is 11.6 Å². The van der Waals surface area contributed by atoms with Crippen molar-refractivity contribution in [2.75, 3.05) is 23.7 Å². The standard InChI is InChI=1S/C19H20ClN5O2/c1-12-7-8-13(11-16(12)20)23-19(27)22-10-4-9-21-17-14-5-2-3-6-15(14)18(26)25-24-17/h2-3,5-8,11H,4,9-10H2,1H3,(H,21,24)(H,25,26)(H2,22,23,27). The number of carbonyl (C=O) groups excluding carboxylic acids is 1. The lowest BCUT2D eigenvalue weighted by Gasteiger charge is -2.10. The number of H-pyrrole nitrogens is 1. The Kier molecular flexibility index (Phi) is 5.93. The van der Waals surface area contributed by atoms with Crippen molar-refractivity contribution in [3.05, 3.63) is 63.4 Å². The summed E-state index contributed by atoms with van der Waals surface area (Å²) in [5.41, 5.74) is 1.38. The number of hydrogen-bond donors (Lipinski definition) is 4. The predicted octanol–water partition coefficient (Wildman–Crippen LogP) is 3.51. The van der Waals surface area contributed by atoms with Crippen LogP contribution in [0.15, 0.2) is 47.3 Å². The van der Waals surface area contributed by atoms with Gasteiger partial charge in [0, 0.05) is 29.2 Å². The molecule has 1 aromatic heterocycles. The van der Waals surface area contributed by atoms with Crippen LogP contribution in [0, 0.1) is 6.92 Å². The number of hydrogen-bond acceptors (Lipinski definition) is 4. The number of aryl methyl sites for hydroxylation is 1. The van der Waals surface area contributed by atoms with Crippen LogP contribution < -0.4 is 21.5 Å². The first-order valence-corrected chi connectivity index (χ1v) is 8.94. The molecule has 0 fully saturated rings. The second kappa shape index (κ2) is 8.55. The first-order valence-electron chi connectivity index (χ1n) is 8.57. The normalized spacial score (nSPS) is 10.6. The average molecular weight is 386 g/mol. The Balaban J connectivity index is 1.45. The lowest BCUT2D eigenvalue weighted by atomic mass is 10.2. The molecule has 2 aromatic carbocycles. The van der Waals surface area contributed by atoms with Crippen molar-refractivity contribution in [2.24, 2.45) is 0 Å². The number of nitrogens with zero attached hydrogens (tertiary/aromatic N) is 1. The zero-order valence-electron chi connectivity index (χ0n) is 14.8. The lowest BCUT2D eigenvalue weighted by Crippen LogP contribution is -2.30. The van der Waals surface area contributed by atoms with Crippen LogP contribution in [-0.4, -0.2) is 29.3 Å². The van der Waals surface area contributed by atoms with Crippen molar-refractivity contribution in [3.63, 3.8) is 0 Å². The van der Waals surface area contributed by atoms with Gasteiger partial charge >= 0.3 is 6.03 Å². The molecule has 0 unspecified atom stereocenters. The Morgan fingerprint density at radius 1 is 1.15 bits per heavy atom.